The molecule has 0 bridgehead atoms. The van der Waals surface area contributed by atoms with Crippen molar-refractivity contribution in [3.8, 4) is 0 Å². The lowest BCUT2D eigenvalue weighted by atomic mass is 10.2. The summed E-state index contributed by atoms with van der Waals surface area (Å²) in [5, 5.41) is 7.30. The quantitative estimate of drug-likeness (QED) is 0.844. The van der Waals surface area contributed by atoms with Crippen LogP contribution in [0.5, 0.6) is 0 Å². The van der Waals surface area contributed by atoms with Gasteiger partial charge in [0.15, 0.2) is 4.60 Å². The Morgan fingerprint density at radius 1 is 1.32 bits per heavy atom. The summed E-state index contributed by atoms with van der Waals surface area (Å²) in [6.07, 6.45) is 0. The second-order valence-electron chi connectivity index (χ2n) is 3.83. The monoisotopic (exact) mass is 408 g/mol. The fraction of sp³-hybridized carbons (Fsp3) is 0.200. The Bertz CT molecular complexity index is 708. The maximum atomic E-state index is 12.3. The molecule has 0 spiro atoms. The molecular weight excluding hydrogens is 400 g/mol. The third-order valence-corrected chi connectivity index (χ3v) is 5.61. The van der Waals surface area contributed by atoms with E-state index in [0.29, 0.717) is 5.69 Å². The molecular formula is C10H10Br2N4O2S. The van der Waals surface area contributed by atoms with Crippen molar-refractivity contribution in [1.82, 2.24) is 15.0 Å². The highest BCUT2D eigenvalue weighted by atomic mass is 79.9. The first-order valence-corrected chi connectivity index (χ1v) is 8.23. The van der Waals surface area contributed by atoms with E-state index in [0.717, 1.165) is 10.0 Å². The summed E-state index contributed by atoms with van der Waals surface area (Å²) >= 11 is 6.43. The number of hydrogen-bond donors (Lipinski definition) is 1. The van der Waals surface area contributed by atoms with Crippen molar-refractivity contribution in [3.05, 3.63) is 32.8 Å². The fourth-order valence-corrected chi connectivity index (χ4v) is 4.11. The number of aromatic nitrogens is 3. The molecule has 0 unspecified atom stereocenters. The number of anilines is 1. The molecule has 0 aliphatic heterocycles. The van der Waals surface area contributed by atoms with Crippen LogP contribution in [0.3, 0.4) is 0 Å². The van der Waals surface area contributed by atoms with Gasteiger partial charge in [-0.2, -0.15) is 8.42 Å². The Kier molecular flexibility index (Phi) is 3.98. The lowest BCUT2D eigenvalue weighted by molar-refractivity contribution is 0.578. The average Bonchev–Trinajstić information content (AvgIpc) is 2.65. The second-order valence-corrected chi connectivity index (χ2v) is 7.03. The maximum absolute atomic E-state index is 12.3. The lowest BCUT2D eigenvalue weighted by Gasteiger charge is -2.11. The number of aryl methyl sites for hydroxylation is 1. The van der Waals surface area contributed by atoms with Crippen LogP contribution in [0.2, 0.25) is 0 Å². The van der Waals surface area contributed by atoms with Gasteiger partial charge in [-0.25, -0.2) is 4.68 Å². The minimum atomic E-state index is -3.75. The second kappa shape index (κ2) is 5.22. The topological polar surface area (TPSA) is 76.9 Å². The zero-order valence-electron chi connectivity index (χ0n) is 10.1. The molecule has 6 nitrogen and oxygen atoms in total. The average molecular weight is 410 g/mol. The van der Waals surface area contributed by atoms with Gasteiger partial charge in [0.2, 0.25) is 5.03 Å². The molecule has 1 aromatic carbocycles. The van der Waals surface area contributed by atoms with E-state index in [4.69, 9.17) is 0 Å². The first-order chi connectivity index (χ1) is 8.83. The highest BCUT2D eigenvalue weighted by Gasteiger charge is 2.24. The molecule has 1 heterocycles. The summed E-state index contributed by atoms with van der Waals surface area (Å²) in [6.45, 7) is 1.82. The van der Waals surface area contributed by atoms with E-state index < -0.39 is 10.0 Å². The van der Waals surface area contributed by atoms with Crippen LogP contribution in [0.25, 0.3) is 0 Å². The minimum absolute atomic E-state index is 0.0214. The standard InChI is InChI=1S/C10H10Br2N4O2S/c1-6-7(11)4-3-5-8(6)14-19(17,18)10-9(12)13-15-16(10)2/h3-5,14H,1-2H3. The number of nitrogens with zero attached hydrogens (tertiary/aromatic N) is 3. The van der Waals surface area contributed by atoms with E-state index in [9.17, 15) is 8.42 Å². The van der Waals surface area contributed by atoms with Crippen molar-refractivity contribution in [2.45, 2.75) is 11.9 Å². The summed E-state index contributed by atoms with van der Waals surface area (Å²) in [5.74, 6) is 0. The molecule has 0 aliphatic carbocycles. The number of hydrogen-bond acceptors (Lipinski definition) is 4. The maximum Gasteiger partial charge on any atom is 0.281 e. The third-order valence-electron chi connectivity index (χ3n) is 2.50. The van der Waals surface area contributed by atoms with E-state index >= 15 is 0 Å². The van der Waals surface area contributed by atoms with E-state index in [1.165, 1.54) is 11.7 Å². The van der Waals surface area contributed by atoms with Crippen molar-refractivity contribution < 1.29 is 8.42 Å². The number of halogens is 2. The van der Waals surface area contributed by atoms with Gasteiger partial charge < -0.3 is 0 Å². The Balaban J connectivity index is 2.46. The van der Waals surface area contributed by atoms with Gasteiger partial charge in [-0.05, 0) is 40.5 Å². The van der Waals surface area contributed by atoms with Crippen LogP contribution in [0.15, 0.2) is 32.3 Å². The summed E-state index contributed by atoms with van der Waals surface area (Å²) in [6, 6.07) is 5.29. The van der Waals surface area contributed by atoms with Gasteiger partial charge in [0.1, 0.15) is 0 Å². The van der Waals surface area contributed by atoms with Crippen LogP contribution >= 0.6 is 31.9 Å². The predicted molar refractivity (Wildman–Crippen MR) is 78.4 cm³/mol. The SMILES string of the molecule is Cc1c(Br)cccc1NS(=O)(=O)c1c(Br)nnn1C. The third kappa shape index (κ3) is 2.82. The van der Waals surface area contributed by atoms with Crippen molar-refractivity contribution in [3.63, 3.8) is 0 Å². The van der Waals surface area contributed by atoms with Crippen LogP contribution in [0, 0.1) is 6.92 Å². The predicted octanol–water partition coefficient (Wildman–Crippen LogP) is 2.45. The molecule has 0 radical (unpaired) electrons. The van der Waals surface area contributed by atoms with Crippen molar-refractivity contribution >= 4 is 47.6 Å². The van der Waals surface area contributed by atoms with Crippen LogP contribution < -0.4 is 4.72 Å². The van der Waals surface area contributed by atoms with Crippen LogP contribution in [-0.4, -0.2) is 23.4 Å². The van der Waals surface area contributed by atoms with Crippen molar-refractivity contribution in [2.24, 2.45) is 7.05 Å². The molecule has 0 saturated heterocycles. The summed E-state index contributed by atoms with van der Waals surface area (Å²) < 4.78 is 29.3. The Morgan fingerprint density at radius 3 is 2.58 bits per heavy atom. The zero-order chi connectivity index (χ0) is 14.2. The van der Waals surface area contributed by atoms with E-state index in [1.807, 2.05) is 13.0 Å². The fourth-order valence-electron chi connectivity index (χ4n) is 1.52. The molecule has 0 aliphatic rings. The van der Waals surface area contributed by atoms with Gasteiger partial charge in [0.25, 0.3) is 10.0 Å². The molecule has 0 fully saturated rings. The van der Waals surface area contributed by atoms with Crippen LogP contribution in [-0.2, 0) is 17.1 Å². The van der Waals surface area contributed by atoms with E-state index in [2.05, 4.69) is 46.9 Å². The molecule has 1 aromatic heterocycles. The molecule has 19 heavy (non-hydrogen) atoms. The number of rotatable bonds is 3. The Hall–Kier alpha value is -0.930. The summed E-state index contributed by atoms with van der Waals surface area (Å²) in [7, 11) is -2.24. The van der Waals surface area contributed by atoms with Crippen LogP contribution in [0.1, 0.15) is 5.56 Å². The molecule has 0 atom stereocenters. The molecule has 1 N–H and O–H groups in total. The normalized spacial score (nSPS) is 11.6. The zero-order valence-corrected chi connectivity index (χ0v) is 14.0. The number of sulfonamides is 1. The molecule has 9 heteroatoms. The largest absolute Gasteiger partial charge is 0.281 e. The highest BCUT2D eigenvalue weighted by molar-refractivity contribution is 9.10. The van der Waals surface area contributed by atoms with Crippen molar-refractivity contribution in [2.75, 3.05) is 4.72 Å². The van der Waals surface area contributed by atoms with Gasteiger partial charge in [-0.15, -0.1) is 5.10 Å². The first-order valence-electron chi connectivity index (χ1n) is 5.16. The molecule has 0 amide bonds. The summed E-state index contributed by atoms with van der Waals surface area (Å²) in [5.41, 5.74) is 1.31. The van der Waals surface area contributed by atoms with Gasteiger partial charge in [0.05, 0.1) is 5.69 Å². The van der Waals surface area contributed by atoms with Gasteiger partial charge >= 0.3 is 0 Å². The number of nitrogens with one attached hydrogen (secondary N) is 1. The Labute approximate surface area is 127 Å². The van der Waals surface area contributed by atoms with E-state index in [1.54, 1.807) is 12.1 Å². The lowest BCUT2D eigenvalue weighted by Crippen LogP contribution is -2.17. The summed E-state index contributed by atoms with van der Waals surface area (Å²) in [4.78, 5) is 0. The van der Waals surface area contributed by atoms with Gasteiger partial charge in [-0.3, -0.25) is 4.72 Å². The molecule has 102 valence electrons. The van der Waals surface area contributed by atoms with Crippen LogP contribution in [0.4, 0.5) is 5.69 Å². The minimum Gasteiger partial charge on any atom is -0.278 e. The smallest absolute Gasteiger partial charge is 0.278 e. The molecule has 2 rings (SSSR count). The Morgan fingerprint density at radius 2 is 2.00 bits per heavy atom. The van der Waals surface area contributed by atoms with Gasteiger partial charge in [-0.1, -0.05) is 27.2 Å². The van der Waals surface area contributed by atoms with Gasteiger partial charge in [0, 0.05) is 11.5 Å². The molecule has 0 saturated carbocycles. The van der Waals surface area contributed by atoms with E-state index in [-0.39, 0.29) is 9.63 Å². The first kappa shape index (κ1) is 14.5. The highest BCUT2D eigenvalue weighted by Crippen LogP contribution is 2.27. The van der Waals surface area contributed by atoms with Crippen molar-refractivity contribution in [1.29, 1.82) is 0 Å². The molecule has 2 aromatic rings. The number of benzene rings is 1.